The molecule has 0 spiro atoms. The zero-order valence-corrected chi connectivity index (χ0v) is 15.3. The van der Waals surface area contributed by atoms with Crippen LogP contribution in [0.1, 0.15) is 17.2 Å². The molecule has 3 nitrogen and oxygen atoms in total. The molecule has 0 saturated carbocycles. The summed E-state index contributed by atoms with van der Waals surface area (Å²) in [5, 5.41) is 2.97. The van der Waals surface area contributed by atoms with Crippen molar-refractivity contribution in [1.29, 1.82) is 0 Å². The van der Waals surface area contributed by atoms with Crippen LogP contribution in [0.25, 0.3) is 6.08 Å². The Morgan fingerprint density at radius 3 is 2.62 bits per heavy atom. The number of likely N-dealkylation sites (N-methyl/N-ethyl adjacent to an activating group) is 1. The normalized spacial score (nSPS) is 12.5. The molecule has 1 unspecified atom stereocenters. The quantitative estimate of drug-likeness (QED) is 0.755. The second-order valence-electron chi connectivity index (χ2n) is 5.73. The SMILES string of the molecule is CN(C)CC(NC(=O)C=Cc1cc(Br)ccc1F)c1ccccc1. The van der Waals surface area contributed by atoms with Crippen molar-refractivity contribution in [2.45, 2.75) is 6.04 Å². The molecule has 1 amide bonds. The maximum absolute atomic E-state index is 13.7. The van der Waals surface area contributed by atoms with Crippen LogP contribution in [0.2, 0.25) is 0 Å². The molecular weight excluding hydrogens is 371 g/mol. The van der Waals surface area contributed by atoms with Crippen molar-refractivity contribution >= 4 is 27.9 Å². The van der Waals surface area contributed by atoms with Crippen LogP contribution in [0, 0.1) is 5.82 Å². The molecule has 2 aromatic rings. The van der Waals surface area contributed by atoms with Gasteiger partial charge in [-0.15, -0.1) is 0 Å². The standard InChI is InChI=1S/C19H20BrFN2O/c1-23(2)13-18(14-6-4-3-5-7-14)22-19(24)11-8-15-12-16(20)9-10-17(15)21/h3-12,18H,13H2,1-2H3,(H,22,24). The highest BCUT2D eigenvalue weighted by atomic mass is 79.9. The molecule has 0 aliphatic rings. The van der Waals surface area contributed by atoms with E-state index in [1.165, 1.54) is 18.2 Å². The third kappa shape index (κ3) is 5.58. The Morgan fingerprint density at radius 2 is 1.96 bits per heavy atom. The molecule has 0 heterocycles. The van der Waals surface area contributed by atoms with Crippen molar-refractivity contribution in [2.24, 2.45) is 0 Å². The summed E-state index contributed by atoms with van der Waals surface area (Å²) in [6.45, 7) is 0.675. The van der Waals surface area contributed by atoms with Gasteiger partial charge >= 0.3 is 0 Å². The molecule has 0 aliphatic carbocycles. The summed E-state index contributed by atoms with van der Waals surface area (Å²) in [7, 11) is 3.91. The summed E-state index contributed by atoms with van der Waals surface area (Å²) in [6, 6.07) is 14.3. The summed E-state index contributed by atoms with van der Waals surface area (Å²) in [5.41, 5.74) is 1.39. The summed E-state index contributed by atoms with van der Waals surface area (Å²) < 4.78 is 14.5. The van der Waals surface area contributed by atoms with Gasteiger partial charge in [-0.2, -0.15) is 0 Å². The minimum Gasteiger partial charge on any atom is -0.344 e. The highest BCUT2D eigenvalue weighted by Gasteiger charge is 2.14. The van der Waals surface area contributed by atoms with Crippen LogP contribution in [0.4, 0.5) is 4.39 Å². The highest BCUT2D eigenvalue weighted by molar-refractivity contribution is 9.10. The van der Waals surface area contributed by atoms with E-state index in [1.54, 1.807) is 12.1 Å². The van der Waals surface area contributed by atoms with E-state index in [0.29, 0.717) is 12.1 Å². The molecular formula is C19H20BrFN2O. The van der Waals surface area contributed by atoms with Crippen LogP contribution in [0.15, 0.2) is 59.1 Å². The van der Waals surface area contributed by atoms with Crippen molar-refractivity contribution in [2.75, 3.05) is 20.6 Å². The number of nitrogens with zero attached hydrogens (tertiary/aromatic N) is 1. The largest absolute Gasteiger partial charge is 0.344 e. The summed E-state index contributed by atoms with van der Waals surface area (Å²) in [5.74, 6) is -0.625. The first-order valence-electron chi connectivity index (χ1n) is 7.59. The van der Waals surface area contributed by atoms with E-state index < -0.39 is 0 Å². The monoisotopic (exact) mass is 390 g/mol. The van der Waals surface area contributed by atoms with Crippen LogP contribution in [-0.4, -0.2) is 31.4 Å². The topological polar surface area (TPSA) is 32.3 Å². The average molecular weight is 391 g/mol. The van der Waals surface area contributed by atoms with Gasteiger partial charge in [-0.1, -0.05) is 46.3 Å². The third-order valence-corrected chi connectivity index (χ3v) is 3.93. The Hall–Kier alpha value is -1.98. The fraction of sp³-hybridized carbons (Fsp3) is 0.211. The average Bonchev–Trinajstić information content (AvgIpc) is 2.55. The van der Waals surface area contributed by atoms with Crippen molar-refractivity contribution in [3.8, 4) is 0 Å². The molecule has 0 aliphatic heterocycles. The summed E-state index contributed by atoms with van der Waals surface area (Å²) in [4.78, 5) is 14.2. The first-order valence-corrected chi connectivity index (χ1v) is 8.38. The van der Waals surface area contributed by atoms with Gasteiger partial charge in [0.2, 0.25) is 5.91 Å². The van der Waals surface area contributed by atoms with Crippen molar-refractivity contribution in [1.82, 2.24) is 10.2 Å². The van der Waals surface area contributed by atoms with Gasteiger partial charge in [-0.3, -0.25) is 4.79 Å². The van der Waals surface area contributed by atoms with Crippen LogP contribution in [0.3, 0.4) is 0 Å². The van der Waals surface area contributed by atoms with E-state index in [9.17, 15) is 9.18 Å². The molecule has 0 radical (unpaired) electrons. The molecule has 1 atom stereocenters. The Kier molecular flexibility index (Phi) is 6.70. The predicted molar refractivity (Wildman–Crippen MR) is 99.0 cm³/mol. The van der Waals surface area contributed by atoms with Gasteiger partial charge in [0.05, 0.1) is 6.04 Å². The number of hydrogen-bond donors (Lipinski definition) is 1. The smallest absolute Gasteiger partial charge is 0.244 e. The van der Waals surface area contributed by atoms with Gasteiger partial charge < -0.3 is 10.2 Å². The molecule has 0 saturated heterocycles. The first kappa shape index (κ1) is 18.4. The molecule has 2 rings (SSSR count). The lowest BCUT2D eigenvalue weighted by molar-refractivity contribution is -0.117. The first-order chi connectivity index (χ1) is 11.5. The summed E-state index contributed by atoms with van der Waals surface area (Å²) in [6.07, 6.45) is 2.84. The molecule has 1 N–H and O–H groups in total. The van der Waals surface area contributed by atoms with E-state index in [0.717, 1.165) is 10.0 Å². The molecule has 0 fully saturated rings. The number of hydrogen-bond acceptors (Lipinski definition) is 2. The third-order valence-electron chi connectivity index (χ3n) is 3.44. The number of rotatable bonds is 6. The zero-order valence-electron chi connectivity index (χ0n) is 13.7. The zero-order chi connectivity index (χ0) is 17.5. The van der Waals surface area contributed by atoms with E-state index in [-0.39, 0.29) is 17.8 Å². The van der Waals surface area contributed by atoms with Crippen LogP contribution >= 0.6 is 15.9 Å². The van der Waals surface area contributed by atoms with Crippen molar-refractivity contribution < 1.29 is 9.18 Å². The minimum absolute atomic E-state index is 0.134. The van der Waals surface area contributed by atoms with Crippen LogP contribution in [0.5, 0.6) is 0 Å². The van der Waals surface area contributed by atoms with Crippen molar-refractivity contribution in [3.05, 3.63) is 76.0 Å². The van der Waals surface area contributed by atoms with E-state index in [4.69, 9.17) is 0 Å². The fourth-order valence-corrected chi connectivity index (χ4v) is 2.69. The minimum atomic E-state index is -0.366. The maximum atomic E-state index is 13.7. The maximum Gasteiger partial charge on any atom is 0.244 e. The molecule has 24 heavy (non-hydrogen) atoms. The van der Waals surface area contributed by atoms with Gasteiger partial charge in [-0.05, 0) is 43.9 Å². The molecule has 0 bridgehead atoms. The Balaban J connectivity index is 2.10. The second kappa shape index (κ2) is 8.76. The van der Waals surface area contributed by atoms with Gasteiger partial charge in [0, 0.05) is 22.7 Å². The van der Waals surface area contributed by atoms with Gasteiger partial charge in [0.25, 0.3) is 0 Å². The van der Waals surface area contributed by atoms with Gasteiger partial charge in [-0.25, -0.2) is 4.39 Å². The number of benzene rings is 2. The van der Waals surface area contributed by atoms with E-state index in [1.807, 2.05) is 49.3 Å². The fourth-order valence-electron chi connectivity index (χ4n) is 2.31. The molecule has 5 heteroatoms. The van der Waals surface area contributed by atoms with Gasteiger partial charge in [0.1, 0.15) is 5.82 Å². The lowest BCUT2D eigenvalue weighted by atomic mass is 10.1. The Labute approximate surface area is 150 Å². The number of nitrogens with one attached hydrogen (secondary N) is 1. The summed E-state index contributed by atoms with van der Waals surface area (Å²) >= 11 is 3.29. The van der Waals surface area contributed by atoms with E-state index in [2.05, 4.69) is 21.2 Å². The second-order valence-corrected chi connectivity index (χ2v) is 6.65. The van der Waals surface area contributed by atoms with E-state index >= 15 is 0 Å². The Bertz CT molecular complexity index is 717. The lowest BCUT2D eigenvalue weighted by Gasteiger charge is -2.22. The number of carbonyl (C=O) groups excluding carboxylic acids is 1. The molecule has 2 aromatic carbocycles. The molecule has 126 valence electrons. The van der Waals surface area contributed by atoms with Gasteiger partial charge in [0.15, 0.2) is 0 Å². The van der Waals surface area contributed by atoms with Crippen molar-refractivity contribution in [3.63, 3.8) is 0 Å². The highest BCUT2D eigenvalue weighted by Crippen LogP contribution is 2.17. The van der Waals surface area contributed by atoms with Crippen LogP contribution in [-0.2, 0) is 4.79 Å². The number of carbonyl (C=O) groups is 1. The predicted octanol–water partition coefficient (Wildman–Crippen LogP) is 4.02. The number of amides is 1. The number of halogens is 2. The molecule has 0 aromatic heterocycles. The Morgan fingerprint density at radius 1 is 1.25 bits per heavy atom. The lowest BCUT2D eigenvalue weighted by Crippen LogP contribution is -2.34. The van der Waals surface area contributed by atoms with Crippen LogP contribution < -0.4 is 5.32 Å².